The van der Waals surface area contributed by atoms with Crippen molar-refractivity contribution in [1.82, 2.24) is 4.90 Å². The second kappa shape index (κ2) is 6.75. The molecule has 0 bridgehead atoms. The lowest BCUT2D eigenvalue weighted by molar-refractivity contribution is 0.0640. The van der Waals surface area contributed by atoms with Crippen molar-refractivity contribution in [3.05, 3.63) is 0 Å². The van der Waals surface area contributed by atoms with Crippen LogP contribution in [0.15, 0.2) is 0 Å². The third-order valence-electron chi connectivity index (χ3n) is 4.92. The van der Waals surface area contributed by atoms with E-state index in [0.717, 1.165) is 24.4 Å². The molecule has 0 spiro atoms. The molecule has 0 aromatic rings. The first-order valence-corrected chi connectivity index (χ1v) is 7.79. The number of likely N-dealkylation sites (tertiary alicyclic amines) is 1. The van der Waals surface area contributed by atoms with Crippen LogP contribution in [0.5, 0.6) is 0 Å². The van der Waals surface area contributed by atoms with E-state index in [2.05, 4.69) is 11.8 Å². The van der Waals surface area contributed by atoms with Gasteiger partial charge in [-0.25, -0.2) is 0 Å². The molecule has 1 saturated heterocycles. The van der Waals surface area contributed by atoms with E-state index >= 15 is 0 Å². The number of nitrogens with two attached hydrogens (primary N) is 1. The van der Waals surface area contributed by atoms with Crippen molar-refractivity contribution in [3.63, 3.8) is 0 Å². The highest BCUT2D eigenvalue weighted by atomic mass is 15.2. The maximum absolute atomic E-state index is 5.99. The smallest absolute Gasteiger partial charge is 0.0138 e. The molecule has 2 N–H and O–H groups in total. The largest absolute Gasteiger partial charge is 0.330 e. The molecule has 2 heteroatoms. The Bertz CT molecular complexity index is 211. The first kappa shape index (κ1) is 13.4. The van der Waals surface area contributed by atoms with Gasteiger partial charge in [-0.1, -0.05) is 32.6 Å². The van der Waals surface area contributed by atoms with E-state index in [4.69, 9.17) is 5.73 Å². The summed E-state index contributed by atoms with van der Waals surface area (Å²) in [5, 5.41) is 0. The molecule has 1 heterocycles. The predicted molar refractivity (Wildman–Crippen MR) is 74.0 cm³/mol. The van der Waals surface area contributed by atoms with Crippen molar-refractivity contribution in [2.75, 3.05) is 19.6 Å². The van der Waals surface area contributed by atoms with E-state index in [0.29, 0.717) is 0 Å². The monoisotopic (exact) mass is 238 g/mol. The average Bonchev–Trinajstić information content (AvgIpc) is 2.40. The Morgan fingerprint density at radius 2 is 1.88 bits per heavy atom. The fourth-order valence-electron chi connectivity index (χ4n) is 3.94. The zero-order valence-corrected chi connectivity index (χ0v) is 11.5. The summed E-state index contributed by atoms with van der Waals surface area (Å²) in [4.78, 5) is 2.77. The normalized spacial score (nSPS) is 36.0. The van der Waals surface area contributed by atoms with Crippen LogP contribution >= 0.6 is 0 Å². The molecule has 1 saturated carbocycles. The molecule has 3 unspecified atom stereocenters. The minimum Gasteiger partial charge on any atom is -0.330 e. The van der Waals surface area contributed by atoms with E-state index in [9.17, 15) is 0 Å². The van der Waals surface area contributed by atoms with Crippen LogP contribution in [-0.4, -0.2) is 30.6 Å². The van der Waals surface area contributed by atoms with Gasteiger partial charge in [0.05, 0.1) is 0 Å². The molecule has 1 aliphatic carbocycles. The first-order valence-electron chi connectivity index (χ1n) is 7.79. The van der Waals surface area contributed by atoms with E-state index in [1.54, 1.807) is 0 Å². The van der Waals surface area contributed by atoms with Gasteiger partial charge in [-0.05, 0) is 57.2 Å². The van der Waals surface area contributed by atoms with Crippen LogP contribution in [0.4, 0.5) is 0 Å². The van der Waals surface area contributed by atoms with Gasteiger partial charge in [0.2, 0.25) is 0 Å². The summed E-state index contributed by atoms with van der Waals surface area (Å²) in [5.41, 5.74) is 5.99. The Labute approximate surface area is 107 Å². The molecule has 17 heavy (non-hydrogen) atoms. The Balaban J connectivity index is 1.93. The lowest BCUT2D eigenvalue weighted by Crippen LogP contribution is -2.48. The molecular formula is C15H30N2. The van der Waals surface area contributed by atoms with Crippen molar-refractivity contribution in [2.24, 2.45) is 17.6 Å². The summed E-state index contributed by atoms with van der Waals surface area (Å²) in [6.07, 6.45) is 11.3. The maximum Gasteiger partial charge on any atom is 0.0138 e. The van der Waals surface area contributed by atoms with Crippen LogP contribution in [0.3, 0.4) is 0 Å². The van der Waals surface area contributed by atoms with Crippen molar-refractivity contribution in [1.29, 1.82) is 0 Å². The van der Waals surface area contributed by atoms with Crippen LogP contribution in [0.25, 0.3) is 0 Å². The Kier molecular flexibility index (Phi) is 5.30. The summed E-state index contributed by atoms with van der Waals surface area (Å²) in [5.74, 6) is 1.76. The fourth-order valence-corrected chi connectivity index (χ4v) is 3.94. The highest BCUT2D eigenvalue weighted by Crippen LogP contribution is 2.35. The minimum atomic E-state index is 0.779. The Morgan fingerprint density at radius 1 is 1.12 bits per heavy atom. The van der Waals surface area contributed by atoms with Gasteiger partial charge in [-0.3, -0.25) is 0 Å². The molecule has 100 valence electrons. The summed E-state index contributed by atoms with van der Waals surface area (Å²) in [7, 11) is 0. The molecule has 0 aromatic heterocycles. The second-order valence-electron chi connectivity index (χ2n) is 6.13. The molecule has 2 nitrogen and oxygen atoms in total. The van der Waals surface area contributed by atoms with Gasteiger partial charge in [0.1, 0.15) is 0 Å². The van der Waals surface area contributed by atoms with Crippen LogP contribution < -0.4 is 5.73 Å². The zero-order valence-electron chi connectivity index (χ0n) is 11.5. The van der Waals surface area contributed by atoms with E-state index in [-0.39, 0.29) is 0 Å². The Morgan fingerprint density at radius 3 is 2.53 bits per heavy atom. The van der Waals surface area contributed by atoms with Crippen LogP contribution in [0, 0.1) is 11.8 Å². The van der Waals surface area contributed by atoms with Gasteiger partial charge >= 0.3 is 0 Å². The SMILES string of the molecule is CCCC1CCC(CN)C(N2CCCCC2)C1. The second-order valence-corrected chi connectivity index (χ2v) is 6.13. The van der Waals surface area contributed by atoms with Crippen LogP contribution in [0.1, 0.15) is 58.3 Å². The van der Waals surface area contributed by atoms with Gasteiger partial charge in [-0.15, -0.1) is 0 Å². The number of piperidine rings is 1. The number of hydrogen-bond donors (Lipinski definition) is 1. The minimum absolute atomic E-state index is 0.779. The lowest BCUT2D eigenvalue weighted by atomic mass is 9.75. The molecule has 3 atom stereocenters. The molecule has 0 aromatic carbocycles. The highest BCUT2D eigenvalue weighted by Gasteiger charge is 2.33. The standard InChI is InChI=1S/C15H30N2/c1-2-6-13-7-8-14(12-16)15(11-13)17-9-4-3-5-10-17/h13-15H,2-12,16H2,1H3. The van der Waals surface area contributed by atoms with Crippen LogP contribution in [-0.2, 0) is 0 Å². The van der Waals surface area contributed by atoms with Gasteiger partial charge in [-0.2, -0.15) is 0 Å². The highest BCUT2D eigenvalue weighted by molar-refractivity contribution is 4.88. The zero-order chi connectivity index (χ0) is 12.1. The van der Waals surface area contributed by atoms with Crippen molar-refractivity contribution in [2.45, 2.75) is 64.3 Å². The van der Waals surface area contributed by atoms with Gasteiger partial charge in [0.15, 0.2) is 0 Å². The van der Waals surface area contributed by atoms with Crippen molar-refractivity contribution >= 4 is 0 Å². The van der Waals surface area contributed by atoms with E-state index in [1.165, 1.54) is 64.5 Å². The van der Waals surface area contributed by atoms with Crippen molar-refractivity contribution < 1.29 is 0 Å². The third-order valence-corrected chi connectivity index (χ3v) is 4.92. The lowest BCUT2D eigenvalue weighted by Gasteiger charge is -2.44. The summed E-state index contributed by atoms with van der Waals surface area (Å²) < 4.78 is 0. The summed E-state index contributed by atoms with van der Waals surface area (Å²) in [6.45, 7) is 5.89. The molecule has 0 radical (unpaired) electrons. The van der Waals surface area contributed by atoms with E-state index in [1.807, 2.05) is 0 Å². The topological polar surface area (TPSA) is 29.3 Å². The number of hydrogen-bond acceptors (Lipinski definition) is 2. The van der Waals surface area contributed by atoms with Gasteiger partial charge < -0.3 is 10.6 Å². The fraction of sp³-hybridized carbons (Fsp3) is 1.00. The maximum atomic E-state index is 5.99. The van der Waals surface area contributed by atoms with Gasteiger partial charge in [0.25, 0.3) is 0 Å². The Hall–Kier alpha value is -0.0800. The number of rotatable bonds is 4. The molecular weight excluding hydrogens is 208 g/mol. The van der Waals surface area contributed by atoms with Gasteiger partial charge in [0, 0.05) is 6.04 Å². The molecule has 2 rings (SSSR count). The first-order chi connectivity index (χ1) is 8.35. The number of nitrogens with zero attached hydrogens (tertiary/aromatic N) is 1. The molecule has 1 aliphatic heterocycles. The molecule has 2 aliphatic rings. The predicted octanol–water partition coefficient (Wildman–Crippen LogP) is 3.02. The molecule has 0 amide bonds. The summed E-state index contributed by atoms with van der Waals surface area (Å²) in [6, 6.07) is 0.811. The molecule has 2 fully saturated rings. The average molecular weight is 238 g/mol. The van der Waals surface area contributed by atoms with Crippen molar-refractivity contribution in [3.8, 4) is 0 Å². The third kappa shape index (κ3) is 3.45. The van der Waals surface area contributed by atoms with E-state index < -0.39 is 0 Å². The summed E-state index contributed by atoms with van der Waals surface area (Å²) >= 11 is 0. The van der Waals surface area contributed by atoms with Crippen LogP contribution in [0.2, 0.25) is 0 Å². The quantitative estimate of drug-likeness (QED) is 0.816.